The molecule has 0 aliphatic carbocycles. The molecule has 2 N–H and O–H groups in total. The number of unbranched alkanes of at least 4 members (excludes halogenated alkanes) is 5. The van der Waals surface area contributed by atoms with Gasteiger partial charge in [0.25, 0.3) is 0 Å². The van der Waals surface area contributed by atoms with Crippen molar-refractivity contribution < 1.29 is 81.4 Å². The van der Waals surface area contributed by atoms with Gasteiger partial charge in [0.05, 0.1) is 37.1 Å². The molecule has 17 nitrogen and oxygen atoms in total. The van der Waals surface area contributed by atoms with Crippen LogP contribution in [0.3, 0.4) is 0 Å². The number of aliphatic hydroxyl groups excluding tert-OH is 2. The van der Waals surface area contributed by atoms with Crippen LogP contribution in [0.1, 0.15) is 104 Å². The zero-order chi connectivity index (χ0) is 56.6. The number of benzene rings is 5. The third-order valence-corrected chi connectivity index (χ3v) is 14.8. The highest BCUT2D eigenvalue weighted by molar-refractivity contribution is 5.89. The van der Waals surface area contributed by atoms with Gasteiger partial charge in [-0.25, -0.2) is 9.59 Å². The molecule has 1 unspecified atom stereocenters. The maximum atomic E-state index is 13.8. The molecule has 9 rings (SSSR count). The van der Waals surface area contributed by atoms with Gasteiger partial charge < -0.3 is 71.8 Å². The second-order valence-electron chi connectivity index (χ2n) is 21.4. The standard InChI is InChI=1S/C64H78O17/c1-5-6-7-8-9-25-36-69-61-50(65)55(79-63-58(72-39-45-30-19-12-20-31-45)57(71-38-44-28-17-11-18-29-44)52(42(2)75-63)70-37-43-26-15-10-16-27-43)53(48(76-61)40-73-59(67)46-32-21-13-22-33-46)78-62-51(66)56-54(80-64(3,4)81-56)49(77-62)41-74-60(68)47-34-23-14-24-35-47/h10-24,26-35,42,48-58,61-63,65-66H,5-9,25,36-41H2,1-4H3/t42-,48+,49+,50+,51+,52+,53+,54-,55+,56+,57+,58-,61+,62-,63?/m0/s1. The Hall–Kier alpha value is -5.48. The van der Waals surface area contributed by atoms with E-state index in [0.717, 1.165) is 48.8 Å². The number of aliphatic hydroxyl groups is 2. The quantitative estimate of drug-likeness (QED) is 0.0373. The molecule has 4 saturated heterocycles. The summed E-state index contributed by atoms with van der Waals surface area (Å²) in [7, 11) is 0. The van der Waals surface area contributed by atoms with Crippen molar-refractivity contribution in [1.82, 2.24) is 0 Å². The summed E-state index contributed by atoms with van der Waals surface area (Å²) in [6.45, 7) is 7.43. The molecule has 4 heterocycles. The molecule has 0 spiro atoms. The average molecular weight is 1120 g/mol. The summed E-state index contributed by atoms with van der Waals surface area (Å²) in [5.41, 5.74) is 3.32. The lowest BCUT2D eigenvalue weighted by molar-refractivity contribution is -0.388. The minimum absolute atomic E-state index is 0.108. The first-order chi connectivity index (χ1) is 39.4. The summed E-state index contributed by atoms with van der Waals surface area (Å²) in [4.78, 5) is 27.1. The van der Waals surface area contributed by atoms with Crippen molar-refractivity contribution in [3.63, 3.8) is 0 Å². The number of hydrogen-bond donors (Lipinski definition) is 2. The third-order valence-electron chi connectivity index (χ3n) is 14.8. The van der Waals surface area contributed by atoms with E-state index in [9.17, 15) is 19.8 Å². The molecular weight excluding hydrogens is 1040 g/mol. The van der Waals surface area contributed by atoms with E-state index in [-0.39, 0.29) is 38.6 Å². The minimum atomic E-state index is -1.61. The van der Waals surface area contributed by atoms with Crippen LogP contribution in [0.15, 0.2) is 152 Å². The van der Waals surface area contributed by atoms with Crippen LogP contribution in [0.5, 0.6) is 0 Å². The van der Waals surface area contributed by atoms with Crippen LogP contribution in [0.25, 0.3) is 0 Å². The number of esters is 2. The summed E-state index contributed by atoms with van der Waals surface area (Å²) >= 11 is 0. The predicted molar refractivity (Wildman–Crippen MR) is 295 cm³/mol. The minimum Gasteiger partial charge on any atom is -0.459 e. The lowest BCUT2D eigenvalue weighted by Crippen LogP contribution is -2.67. The second-order valence-corrected chi connectivity index (χ2v) is 21.4. The normalized spacial score (nSPS) is 29.8. The fourth-order valence-corrected chi connectivity index (χ4v) is 10.6. The first kappa shape index (κ1) is 60.1. The Kier molecular flexibility index (Phi) is 22.0. The van der Waals surface area contributed by atoms with Crippen LogP contribution in [0.4, 0.5) is 0 Å². The molecule has 15 atom stereocenters. The fraction of sp³-hybridized carbons (Fsp3) is 0.500. The predicted octanol–water partition coefficient (Wildman–Crippen LogP) is 9.04. The van der Waals surface area contributed by atoms with Gasteiger partial charge in [-0.3, -0.25) is 0 Å². The Morgan fingerprint density at radius 3 is 1.48 bits per heavy atom. The van der Waals surface area contributed by atoms with Crippen molar-refractivity contribution in [1.29, 1.82) is 0 Å². The molecule has 0 amide bonds. The van der Waals surface area contributed by atoms with Crippen molar-refractivity contribution in [2.24, 2.45) is 0 Å². The molecule has 436 valence electrons. The highest BCUT2D eigenvalue weighted by Crippen LogP contribution is 2.41. The molecule has 0 bridgehead atoms. The summed E-state index contributed by atoms with van der Waals surface area (Å²) < 4.78 is 85.6. The van der Waals surface area contributed by atoms with Crippen LogP contribution in [-0.4, -0.2) is 140 Å². The van der Waals surface area contributed by atoms with Gasteiger partial charge in [0.2, 0.25) is 0 Å². The van der Waals surface area contributed by atoms with Gasteiger partial charge >= 0.3 is 11.9 Å². The Labute approximate surface area is 474 Å². The first-order valence-electron chi connectivity index (χ1n) is 28.5. The van der Waals surface area contributed by atoms with E-state index >= 15 is 0 Å². The second kappa shape index (κ2) is 29.7. The van der Waals surface area contributed by atoms with Crippen LogP contribution >= 0.6 is 0 Å². The monoisotopic (exact) mass is 1120 g/mol. The van der Waals surface area contributed by atoms with Gasteiger partial charge in [0.1, 0.15) is 80.4 Å². The van der Waals surface area contributed by atoms with E-state index in [1.54, 1.807) is 74.5 Å². The number of ether oxygens (including phenoxy) is 13. The number of rotatable bonds is 27. The van der Waals surface area contributed by atoms with Crippen molar-refractivity contribution in [2.75, 3.05) is 19.8 Å². The first-order valence-corrected chi connectivity index (χ1v) is 28.5. The molecular formula is C64H78O17. The average Bonchev–Trinajstić information content (AvgIpc) is 4.00. The van der Waals surface area contributed by atoms with E-state index in [1.165, 1.54) is 0 Å². The van der Waals surface area contributed by atoms with E-state index in [4.69, 9.17) is 61.6 Å². The lowest BCUT2D eigenvalue weighted by atomic mass is 9.95. The largest absolute Gasteiger partial charge is 0.459 e. The van der Waals surface area contributed by atoms with Crippen LogP contribution < -0.4 is 0 Å². The van der Waals surface area contributed by atoms with Crippen molar-refractivity contribution in [3.8, 4) is 0 Å². The van der Waals surface area contributed by atoms with Crippen LogP contribution in [0.2, 0.25) is 0 Å². The zero-order valence-corrected chi connectivity index (χ0v) is 46.6. The van der Waals surface area contributed by atoms with Crippen LogP contribution in [0, 0.1) is 0 Å². The molecule has 81 heavy (non-hydrogen) atoms. The van der Waals surface area contributed by atoms with Gasteiger partial charge in [0, 0.05) is 6.61 Å². The Morgan fingerprint density at radius 2 is 0.926 bits per heavy atom. The number of carbonyl (C=O) groups excluding carboxylic acids is 2. The van der Waals surface area contributed by atoms with Crippen LogP contribution in [-0.2, 0) is 81.4 Å². The molecule has 5 aromatic carbocycles. The number of carbonyl (C=O) groups is 2. The molecule has 4 fully saturated rings. The molecule has 0 radical (unpaired) electrons. The van der Waals surface area contributed by atoms with E-state index < -0.39 is 116 Å². The van der Waals surface area contributed by atoms with Crippen molar-refractivity contribution in [3.05, 3.63) is 179 Å². The van der Waals surface area contributed by atoms with Crippen molar-refractivity contribution in [2.45, 2.75) is 184 Å². The number of hydrogen-bond acceptors (Lipinski definition) is 17. The maximum absolute atomic E-state index is 13.8. The zero-order valence-electron chi connectivity index (χ0n) is 46.6. The molecule has 0 aromatic heterocycles. The Bertz CT molecular complexity index is 2630. The number of fused-ring (bicyclic) bond motifs is 1. The summed E-state index contributed by atoms with van der Waals surface area (Å²) in [6.07, 6.45) is -11.9. The van der Waals surface area contributed by atoms with Crippen molar-refractivity contribution >= 4 is 11.9 Å². The van der Waals surface area contributed by atoms with E-state index in [0.29, 0.717) is 12.0 Å². The lowest BCUT2D eigenvalue weighted by Gasteiger charge is -2.50. The van der Waals surface area contributed by atoms with Gasteiger partial charge in [-0.2, -0.15) is 0 Å². The molecule has 5 aromatic rings. The SMILES string of the molecule is CCCCCCCCO[C@@H]1O[C@H](COC(=O)c2ccccc2)[C@@H](O[C@@H]2O[C@H](COC(=O)c3ccccc3)[C@@H]3OC(C)(C)O[C@@H]3[C@H]2O)[C@H](OC2O[C@@H](C)[C@@H](OCc3ccccc3)[C@@H](OCc3ccccc3)[C@@H]2OCc2ccccc2)[C@H]1O. The molecule has 17 heteroatoms. The van der Waals surface area contributed by atoms with Gasteiger partial charge in [-0.15, -0.1) is 0 Å². The molecule has 0 saturated carbocycles. The summed E-state index contributed by atoms with van der Waals surface area (Å²) in [6, 6.07) is 46.2. The Morgan fingerprint density at radius 1 is 0.469 bits per heavy atom. The third kappa shape index (κ3) is 16.4. The highest BCUT2D eigenvalue weighted by Gasteiger charge is 2.59. The van der Waals surface area contributed by atoms with E-state index in [2.05, 4.69) is 6.92 Å². The fourth-order valence-electron chi connectivity index (χ4n) is 10.6. The van der Waals surface area contributed by atoms with E-state index in [1.807, 2.05) is 97.9 Å². The summed E-state index contributed by atoms with van der Waals surface area (Å²) in [5.74, 6) is -2.45. The maximum Gasteiger partial charge on any atom is 0.338 e. The van der Waals surface area contributed by atoms with Gasteiger partial charge in [-0.1, -0.05) is 166 Å². The molecule has 4 aliphatic rings. The van der Waals surface area contributed by atoms with Gasteiger partial charge in [0.15, 0.2) is 24.7 Å². The smallest absolute Gasteiger partial charge is 0.338 e. The topological polar surface area (TPSA) is 195 Å². The highest BCUT2D eigenvalue weighted by atomic mass is 16.8. The summed E-state index contributed by atoms with van der Waals surface area (Å²) in [5, 5.41) is 25.1. The van der Waals surface area contributed by atoms with Gasteiger partial charge in [-0.05, 0) is 68.1 Å². The molecule has 4 aliphatic heterocycles. The Balaban J connectivity index is 1.07.